The first-order valence-electron chi connectivity index (χ1n) is 8.91. The summed E-state index contributed by atoms with van der Waals surface area (Å²) in [7, 11) is 0. The normalized spacial score (nSPS) is 12.4. The van der Waals surface area contributed by atoms with E-state index in [4.69, 9.17) is 14.2 Å². The molecule has 0 aliphatic carbocycles. The third kappa shape index (κ3) is 5.68. The van der Waals surface area contributed by atoms with Gasteiger partial charge in [-0.05, 0) is 24.3 Å². The zero-order chi connectivity index (χ0) is 20.6. The second-order valence-corrected chi connectivity index (χ2v) is 6.08. The third-order valence-corrected chi connectivity index (χ3v) is 3.91. The number of ether oxygens (including phenoxy) is 3. The van der Waals surface area contributed by atoms with E-state index in [-0.39, 0.29) is 5.56 Å². The lowest BCUT2D eigenvalue weighted by atomic mass is 10.2. The van der Waals surface area contributed by atoms with Crippen molar-refractivity contribution in [3.8, 4) is 11.5 Å². The monoisotopic (exact) mass is 402 g/mol. The first-order valence-corrected chi connectivity index (χ1v) is 8.91. The van der Waals surface area contributed by atoms with E-state index in [0.29, 0.717) is 30.4 Å². The number of rotatable bonds is 6. The molecule has 29 heavy (non-hydrogen) atoms. The van der Waals surface area contributed by atoms with E-state index in [2.05, 4.69) is 10.6 Å². The molecule has 0 unspecified atom stereocenters. The molecule has 0 bridgehead atoms. The summed E-state index contributed by atoms with van der Waals surface area (Å²) in [6.07, 6.45) is 0.764. The summed E-state index contributed by atoms with van der Waals surface area (Å²) in [4.78, 5) is 35.5. The van der Waals surface area contributed by atoms with Gasteiger partial charge in [-0.3, -0.25) is 14.4 Å². The van der Waals surface area contributed by atoms with E-state index >= 15 is 0 Å². The Balaban J connectivity index is 1.43. The SMILES string of the molecule is O=C(COC(=O)CNC(=O)c1ccccc1F)Nc1ccc2c(c1)OCCCO2. The molecule has 2 amide bonds. The molecule has 1 aliphatic heterocycles. The van der Waals surface area contributed by atoms with Crippen LogP contribution in [0.1, 0.15) is 16.8 Å². The molecule has 0 radical (unpaired) electrons. The van der Waals surface area contributed by atoms with Crippen molar-refractivity contribution in [1.82, 2.24) is 5.32 Å². The maximum atomic E-state index is 13.5. The lowest BCUT2D eigenvalue weighted by Crippen LogP contribution is -2.32. The van der Waals surface area contributed by atoms with Crippen molar-refractivity contribution in [3.05, 3.63) is 53.8 Å². The van der Waals surface area contributed by atoms with Crippen LogP contribution in [0.2, 0.25) is 0 Å². The zero-order valence-electron chi connectivity index (χ0n) is 15.4. The zero-order valence-corrected chi connectivity index (χ0v) is 15.4. The number of benzene rings is 2. The lowest BCUT2D eigenvalue weighted by molar-refractivity contribution is -0.146. The molecule has 0 saturated carbocycles. The Morgan fingerprint density at radius 1 is 1.03 bits per heavy atom. The number of amides is 2. The van der Waals surface area contributed by atoms with Gasteiger partial charge in [0.25, 0.3) is 11.8 Å². The molecular weight excluding hydrogens is 383 g/mol. The number of fused-ring (bicyclic) bond motifs is 1. The Kier molecular flexibility index (Phi) is 6.62. The Morgan fingerprint density at radius 2 is 1.79 bits per heavy atom. The molecule has 1 aliphatic rings. The number of nitrogens with one attached hydrogen (secondary N) is 2. The predicted molar refractivity (Wildman–Crippen MR) is 100 cm³/mol. The highest BCUT2D eigenvalue weighted by atomic mass is 19.1. The molecule has 0 aromatic heterocycles. The molecule has 2 aromatic rings. The summed E-state index contributed by atoms with van der Waals surface area (Å²) in [5.74, 6) is -1.73. The molecule has 2 N–H and O–H groups in total. The lowest BCUT2D eigenvalue weighted by Gasteiger charge is -2.11. The Hall–Kier alpha value is -3.62. The van der Waals surface area contributed by atoms with Gasteiger partial charge < -0.3 is 24.8 Å². The van der Waals surface area contributed by atoms with E-state index in [9.17, 15) is 18.8 Å². The van der Waals surface area contributed by atoms with Crippen molar-refractivity contribution in [3.63, 3.8) is 0 Å². The number of halogens is 1. The molecule has 152 valence electrons. The van der Waals surface area contributed by atoms with E-state index in [0.717, 1.165) is 12.5 Å². The van der Waals surface area contributed by atoms with Gasteiger partial charge in [-0.25, -0.2) is 4.39 Å². The molecule has 8 nitrogen and oxygen atoms in total. The smallest absolute Gasteiger partial charge is 0.325 e. The summed E-state index contributed by atoms with van der Waals surface area (Å²) >= 11 is 0. The maximum absolute atomic E-state index is 13.5. The predicted octanol–water partition coefficient (Wildman–Crippen LogP) is 1.90. The van der Waals surface area contributed by atoms with Crippen LogP contribution in [-0.2, 0) is 14.3 Å². The van der Waals surface area contributed by atoms with E-state index in [1.165, 1.54) is 18.2 Å². The highest BCUT2D eigenvalue weighted by Crippen LogP contribution is 2.32. The Labute approximate surface area is 165 Å². The number of hydrogen-bond donors (Lipinski definition) is 2. The van der Waals surface area contributed by atoms with Crippen molar-refractivity contribution in [2.75, 3.05) is 31.7 Å². The number of carbonyl (C=O) groups is 3. The van der Waals surface area contributed by atoms with Crippen LogP contribution in [-0.4, -0.2) is 44.1 Å². The first-order chi connectivity index (χ1) is 14.0. The van der Waals surface area contributed by atoms with Gasteiger partial charge in [0.1, 0.15) is 12.4 Å². The van der Waals surface area contributed by atoms with Crippen LogP contribution in [0, 0.1) is 5.82 Å². The number of esters is 1. The third-order valence-electron chi connectivity index (χ3n) is 3.91. The number of carbonyl (C=O) groups excluding carboxylic acids is 3. The van der Waals surface area contributed by atoms with Crippen LogP contribution in [0.5, 0.6) is 11.5 Å². The fourth-order valence-electron chi connectivity index (χ4n) is 2.53. The topological polar surface area (TPSA) is 103 Å². The Morgan fingerprint density at radius 3 is 2.59 bits per heavy atom. The molecule has 0 atom stereocenters. The van der Waals surface area contributed by atoms with Crippen LogP contribution in [0.4, 0.5) is 10.1 Å². The highest BCUT2D eigenvalue weighted by Gasteiger charge is 2.15. The average Bonchev–Trinajstić information content (AvgIpc) is 2.96. The number of anilines is 1. The van der Waals surface area contributed by atoms with E-state index in [1.807, 2.05) is 0 Å². The molecule has 3 rings (SSSR count). The van der Waals surface area contributed by atoms with E-state index < -0.39 is 36.8 Å². The van der Waals surface area contributed by atoms with Crippen LogP contribution < -0.4 is 20.1 Å². The molecule has 0 spiro atoms. The van der Waals surface area contributed by atoms with Crippen molar-refractivity contribution in [2.24, 2.45) is 0 Å². The molecule has 1 heterocycles. The van der Waals surface area contributed by atoms with Gasteiger partial charge in [-0.1, -0.05) is 12.1 Å². The first kappa shape index (κ1) is 20.1. The van der Waals surface area contributed by atoms with Crippen LogP contribution in [0.25, 0.3) is 0 Å². The van der Waals surface area contributed by atoms with Gasteiger partial charge in [0, 0.05) is 18.2 Å². The summed E-state index contributed by atoms with van der Waals surface area (Å²) in [5.41, 5.74) is 0.274. The molecular formula is C20H19FN2O6. The van der Waals surface area contributed by atoms with Gasteiger partial charge >= 0.3 is 5.97 Å². The average molecular weight is 402 g/mol. The fraction of sp³-hybridized carbons (Fsp3) is 0.250. The second-order valence-electron chi connectivity index (χ2n) is 6.08. The minimum atomic E-state index is -0.830. The molecule has 0 saturated heterocycles. The number of hydrogen-bond acceptors (Lipinski definition) is 6. The summed E-state index contributed by atoms with van der Waals surface area (Å²) < 4.78 is 29.4. The van der Waals surface area contributed by atoms with Crippen molar-refractivity contribution in [2.45, 2.75) is 6.42 Å². The van der Waals surface area contributed by atoms with Crippen molar-refractivity contribution >= 4 is 23.5 Å². The summed E-state index contributed by atoms with van der Waals surface area (Å²) in [6, 6.07) is 10.3. The van der Waals surface area contributed by atoms with Crippen LogP contribution in [0.3, 0.4) is 0 Å². The van der Waals surface area contributed by atoms with Gasteiger partial charge in [0.2, 0.25) is 0 Å². The van der Waals surface area contributed by atoms with Gasteiger partial charge in [0.15, 0.2) is 18.1 Å². The van der Waals surface area contributed by atoms with Gasteiger partial charge in [-0.15, -0.1) is 0 Å². The standard InChI is InChI=1S/C20H19FN2O6/c21-15-5-2-1-4-14(15)20(26)22-11-19(25)29-12-18(24)23-13-6-7-16-17(10-13)28-9-3-8-27-16/h1-2,4-7,10H,3,8-9,11-12H2,(H,22,26)(H,23,24). The Bertz CT molecular complexity index is 918. The van der Waals surface area contributed by atoms with E-state index in [1.54, 1.807) is 18.2 Å². The minimum Gasteiger partial charge on any atom is -0.490 e. The van der Waals surface area contributed by atoms with Crippen LogP contribution in [0.15, 0.2) is 42.5 Å². The van der Waals surface area contributed by atoms with Crippen LogP contribution >= 0.6 is 0 Å². The largest absolute Gasteiger partial charge is 0.490 e. The van der Waals surface area contributed by atoms with Gasteiger partial charge in [0.05, 0.1) is 18.8 Å². The summed E-state index contributed by atoms with van der Waals surface area (Å²) in [6.45, 7) is 0.0377. The quantitative estimate of drug-likeness (QED) is 0.716. The highest BCUT2D eigenvalue weighted by molar-refractivity contribution is 5.96. The maximum Gasteiger partial charge on any atom is 0.325 e. The second kappa shape index (κ2) is 9.54. The molecule has 2 aromatic carbocycles. The molecule has 9 heteroatoms. The summed E-state index contributed by atoms with van der Waals surface area (Å²) in [5, 5.41) is 4.81. The molecule has 0 fully saturated rings. The van der Waals surface area contributed by atoms with Gasteiger partial charge in [-0.2, -0.15) is 0 Å². The fourth-order valence-corrected chi connectivity index (χ4v) is 2.53. The van der Waals surface area contributed by atoms with Crippen molar-refractivity contribution in [1.29, 1.82) is 0 Å². The van der Waals surface area contributed by atoms with Crippen molar-refractivity contribution < 1.29 is 33.0 Å². The minimum absolute atomic E-state index is 0.188.